The van der Waals surface area contributed by atoms with Crippen LogP contribution in [0.5, 0.6) is 11.5 Å². The molecule has 4 rings (SSSR count). The molecule has 2 bridgehead atoms. The highest BCUT2D eigenvalue weighted by molar-refractivity contribution is 6.33. The third-order valence-corrected chi connectivity index (χ3v) is 5.45. The second-order valence-electron chi connectivity index (χ2n) is 7.16. The van der Waals surface area contributed by atoms with Gasteiger partial charge in [-0.05, 0) is 6.92 Å². The largest absolute Gasteiger partial charge is 0.507 e. The maximum absolute atomic E-state index is 12.6. The molecule has 4 atom stereocenters. The van der Waals surface area contributed by atoms with Gasteiger partial charge in [-0.25, -0.2) is 4.79 Å². The van der Waals surface area contributed by atoms with E-state index < -0.39 is 23.6 Å². The van der Waals surface area contributed by atoms with Gasteiger partial charge in [0.2, 0.25) is 0 Å². The van der Waals surface area contributed by atoms with Crippen molar-refractivity contribution in [1.29, 1.82) is 0 Å². The average molecular weight is 399 g/mol. The van der Waals surface area contributed by atoms with E-state index in [1.54, 1.807) is 6.92 Å². The molecule has 1 aromatic rings. The Morgan fingerprint density at radius 2 is 1.81 bits per heavy atom. The molecule has 0 aliphatic carbocycles. The molecule has 0 aromatic heterocycles. The molecule has 1 fully saturated rings. The first kappa shape index (κ1) is 19.9. The van der Waals surface area contributed by atoms with Crippen LogP contribution < -0.4 is 0 Å². The van der Waals surface area contributed by atoms with Crippen molar-refractivity contribution >= 4 is 23.4 Å². The standard InChI is InChI=1S/C19H23ClO7/c1-9-3-12-7-13(27-12)6-11(25-2)4-10(21)5-14-17(19(24)26-9)15(22)8-16(23)18(14)20/h8-9,11-13,22-23H,3-7H2,1-2H3/t9-,11+,12+,13?/m1/s1. The summed E-state index contributed by atoms with van der Waals surface area (Å²) in [6.07, 6.45) is 1.06. The monoisotopic (exact) mass is 398 g/mol. The van der Waals surface area contributed by atoms with Gasteiger partial charge in [0.25, 0.3) is 0 Å². The molecule has 0 spiro atoms. The first-order valence-corrected chi connectivity index (χ1v) is 9.30. The van der Waals surface area contributed by atoms with Crippen LogP contribution in [0.1, 0.15) is 48.5 Å². The minimum atomic E-state index is -0.791. The molecule has 0 amide bonds. The first-order chi connectivity index (χ1) is 12.8. The van der Waals surface area contributed by atoms with E-state index in [-0.39, 0.29) is 53.1 Å². The maximum atomic E-state index is 12.6. The van der Waals surface area contributed by atoms with Gasteiger partial charge < -0.3 is 24.4 Å². The van der Waals surface area contributed by atoms with E-state index in [2.05, 4.69) is 0 Å². The minimum Gasteiger partial charge on any atom is -0.507 e. The molecule has 8 heteroatoms. The Morgan fingerprint density at radius 3 is 2.48 bits per heavy atom. The SMILES string of the molecule is CO[C@H]1CC(=O)Cc2c(Cl)c(O)cc(O)c2C(=O)O[C@H](C)C[C@H]2CC(C1)O2. The third-order valence-electron chi connectivity index (χ3n) is 5.03. The van der Waals surface area contributed by atoms with Gasteiger partial charge in [-0.2, -0.15) is 0 Å². The molecule has 1 unspecified atom stereocenters. The van der Waals surface area contributed by atoms with Crippen molar-refractivity contribution < 1.29 is 34.0 Å². The normalized spacial score (nSPS) is 29.3. The second kappa shape index (κ2) is 8.04. The van der Waals surface area contributed by atoms with Crippen LogP contribution in [0.3, 0.4) is 0 Å². The topological polar surface area (TPSA) is 102 Å². The number of methoxy groups -OCH3 is 1. The lowest BCUT2D eigenvalue weighted by atomic mass is 9.92. The summed E-state index contributed by atoms with van der Waals surface area (Å²) >= 11 is 6.13. The van der Waals surface area contributed by atoms with Gasteiger partial charge in [0.1, 0.15) is 28.9 Å². The highest BCUT2D eigenvalue weighted by atomic mass is 35.5. The number of esters is 1. The Balaban J connectivity index is 1.96. The summed E-state index contributed by atoms with van der Waals surface area (Å²) in [6, 6.07) is 0.971. The average Bonchev–Trinajstić information content (AvgIpc) is 2.55. The van der Waals surface area contributed by atoms with Crippen molar-refractivity contribution in [3.63, 3.8) is 0 Å². The number of rotatable bonds is 1. The van der Waals surface area contributed by atoms with Gasteiger partial charge >= 0.3 is 5.97 Å². The van der Waals surface area contributed by atoms with Crippen LogP contribution in [0.4, 0.5) is 0 Å². The van der Waals surface area contributed by atoms with E-state index in [0.717, 1.165) is 12.5 Å². The summed E-state index contributed by atoms with van der Waals surface area (Å²) < 4.78 is 16.6. The van der Waals surface area contributed by atoms with E-state index in [1.165, 1.54) is 7.11 Å². The first-order valence-electron chi connectivity index (χ1n) is 8.92. The van der Waals surface area contributed by atoms with E-state index in [1.807, 2.05) is 0 Å². The lowest BCUT2D eigenvalue weighted by Gasteiger charge is -2.38. The van der Waals surface area contributed by atoms with E-state index in [4.69, 9.17) is 25.8 Å². The summed E-state index contributed by atoms with van der Waals surface area (Å²) in [5.74, 6) is -1.91. The van der Waals surface area contributed by atoms with Gasteiger partial charge in [-0.3, -0.25) is 4.79 Å². The molecule has 0 radical (unpaired) electrons. The number of ketones is 1. The van der Waals surface area contributed by atoms with Crippen LogP contribution in [0.15, 0.2) is 6.07 Å². The van der Waals surface area contributed by atoms with E-state index in [9.17, 15) is 19.8 Å². The van der Waals surface area contributed by atoms with Crippen molar-refractivity contribution in [2.75, 3.05) is 7.11 Å². The molecule has 3 aliphatic heterocycles. The van der Waals surface area contributed by atoms with Gasteiger partial charge in [0.15, 0.2) is 0 Å². The number of halogens is 1. The summed E-state index contributed by atoms with van der Waals surface area (Å²) in [5, 5.41) is 19.9. The molecular weight excluding hydrogens is 376 g/mol. The Hall–Kier alpha value is -1.83. The number of ether oxygens (including phenoxy) is 3. The molecule has 2 N–H and O–H groups in total. The van der Waals surface area contributed by atoms with Gasteiger partial charge in [0.05, 0.1) is 23.3 Å². The number of fused-ring (bicyclic) bond motifs is 7. The van der Waals surface area contributed by atoms with Crippen LogP contribution in [-0.4, -0.2) is 53.5 Å². The zero-order valence-corrected chi connectivity index (χ0v) is 16.0. The van der Waals surface area contributed by atoms with Crippen LogP contribution >= 0.6 is 11.6 Å². The molecule has 27 heavy (non-hydrogen) atoms. The fraction of sp³-hybridized carbons (Fsp3) is 0.579. The number of hydrogen-bond donors (Lipinski definition) is 2. The number of aromatic hydroxyl groups is 2. The highest BCUT2D eigenvalue weighted by Crippen LogP contribution is 2.38. The van der Waals surface area contributed by atoms with E-state index >= 15 is 0 Å². The highest BCUT2D eigenvalue weighted by Gasteiger charge is 2.35. The summed E-state index contributed by atoms with van der Waals surface area (Å²) in [4.78, 5) is 25.2. The van der Waals surface area contributed by atoms with Gasteiger partial charge in [-0.1, -0.05) is 11.6 Å². The number of phenols is 2. The molecule has 3 heterocycles. The summed E-state index contributed by atoms with van der Waals surface area (Å²) in [7, 11) is 1.54. The third kappa shape index (κ3) is 4.36. The van der Waals surface area contributed by atoms with E-state index in [0.29, 0.717) is 12.8 Å². The maximum Gasteiger partial charge on any atom is 0.342 e. The van der Waals surface area contributed by atoms with Crippen molar-refractivity contribution in [2.24, 2.45) is 0 Å². The predicted octanol–water partition coefficient (Wildman–Crippen LogP) is 2.76. The quantitative estimate of drug-likeness (QED) is 0.701. The smallest absolute Gasteiger partial charge is 0.342 e. The minimum absolute atomic E-state index is 0.0163. The molecular formula is C19H23ClO7. The molecule has 3 aliphatic rings. The second-order valence-corrected chi connectivity index (χ2v) is 7.54. The van der Waals surface area contributed by atoms with Crippen LogP contribution in [0, 0.1) is 0 Å². The van der Waals surface area contributed by atoms with Crippen molar-refractivity contribution in [2.45, 2.75) is 63.4 Å². The summed E-state index contributed by atoms with van der Waals surface area (Å²) in [6.45, 7) is 1.74. The molecule has 1 saturated heterocycles. The van der Waals surface area contributed by atoms with Crippen molar-refractivity contribution in [3.8, 4) is 11.5 Å². The Morgan fingerprint density at radius 1 is 1.15 bits per heavy atom. The van der Waals surface area contributed by atoms with Crippen LogP contribution in [0.25, 0.3) is 0 Å². The molecule has 0 saturated carbocycles. The van der Waals surface area contributed by atoms with Crippen molar-refractivity contribution in [3.05, 3.63) is 22.2 Å². The lowest BCUT2D eigenvalue weighted by Crippen LogP contribution is -2.42. The van der Waals surface area contributed by atoms with Crippen molar-refractivity contribution in [1.82, 2.24) is 0 Å². The Bertz CT molecular complexity index is 742. The predicted molar refractivity (Wildman–Crippen MR) is 96.3 cm³/mol. The number of phenolic OH excluding ortho intramolecular Hbond substituents is 2. The summed E-state index contributed by atoms with van der Waals surface area (Å²) in [5.41, 5.74) is -0.138. The van der Waals surface area contributed by atoms with Crippen LogP contribution in [-0.2, 0) is 25.4 Å². The van der Waals surface area contributed by atoms with Gasteiger partial charge in [-0.15, -0.1) is 0 Å². The number of benzene rings is 1. The number of carbonyl (C=O) groups excluding carboxylic acids is 2. The zero-order valence-electron chi connectivity index (χ0n) is 15.2. The molecule has 1 aromatic carbocycles. The number of hydrogen-bond acceptors (Lipinski definition) is 7. The fourth-order valence-electron chi connectivity index (χ4n) is 3.67. The van der Waals surface area contributed by atoms with Gasteiger partial charge in [0, 0.05) is 50.8 Å². The zero-order chi connectivity index (χ0) is 19.7. The Kier molecular flexibility index (Phi) is 5.93. The van der Waals surface area contributed by atoms with Crippen LogP contribution in [0.2, 0.25) is 5.02 Å². The lowest BCUT2D eigenvalue weighted by molar-refractivity contribution is -0.153. The number of Topliss-reactive ketones (excluding diaryl/α,β-unsaturated/α-hetero) is 1. The Labute approximate surface area is 162 Å². The molecule has 148 valence electrons. The fourth-order valence-corrected chi connectivity index (χ4v) is 3.89. The molecule has 7 nitrogen and oxygen atoms in total. The number of carbonyl (C=O) groups is 2.